The SMILES string of the molecule is Cc1cccc(O)c1NC(=O)C(F)(F)C1(O)CCC1. The van der Waals surface area contributed by atoms with E-state index in [1.54, 1.807) is 13.0 Å². The summed E-state index contributed by atoms with van der Waals surface area (Å²) in [6, 6.07) is 4.41. The second kappa shape index (κ2) is 4.45. The largest absolute Gasteiger partial charge is 0.506 e. The van der Waals surface area contributed by atoms with E-state index in [0.29, 0.717) is 12.0 Å². The van der Waals surface area contributed by atoms with Crippen LogP contribution in [0.4, 0.5) is 14.5 Å². The Morgan fingerprint density at radius 3 is 2.53 bits per heavy atom. The van der Waals surface area contributed by atoms with Crippen LogP contribution < -0.4 is 5.32 Å². The van der Waals surface area contributed by atoms with Crippen molar-refractivity contribution in [3.8, 4) is 5.75 Å². The topological polar surface area (TPSA) is 69.6 Å². The first-order valence-corrected chi connectivity index (χ1v) is 5.98. The van der Waals surface area contributed by atoms with Crippen molar-refractivity contribution < 1.29 is 23.8 Å². The minimum absolute atomic E-state index is 0.0601. The number of benzene rings is 1. The highest BCUT2D eigenvalue weighted by molar-refractivity contribution is 5.98. The quantitative estimate of drug-likeness (QED) is 0.738. The maximum Gasteiger partial charge on any atom is 0.352 e. The highest BCUT2D eigenvalue weighted by Crippen LogP contribution is 2.45. The third kappa shape index (κ3) is 2.16. The van der Waals surface area contributed by atoms with Gasteiger partial charge in [-0.05, 0) is 37.8 Å². The van der Waals surface area contributed by atoms with Crippen molar-refractivity contribution in [1.82, 2.24) is 0 Å². The van der Waals surface area contributed by atoms with Gasteiger partial charge in [0.2, 0.25) is 0 Å². The Morgan fingerprint density at radius 1 is 1.42 bits per heavy atom. The fourth-order valence-electron chi connectivity index (χ4n) is 2.04. The Labute approximate surface area is 109 Å². The zero-order chi connectivity index (χ0) is 14.3. The molecule has 0 spiro atoms. The number of para-hydroxylation sites is 1. The van der Waals surface area contributed by atoms with Gasteiger partial charge in [-0.15, -0.1) is 0 Å². The lowest BCUT2D eigenvalue weighted by atomic mass is 9.75. The standard InChI is InChI=1S/C13H15F2NO3/c1-8-4-2-5-9(17)10(8)16-11(18)13(14,15)12(19)6-3-7-12/h2,4-5,17,19H,3,6-7H2,1H3,(H,16,18). The number of halogens is 2. The van der Waals surface area contributed by atoms with E-state index >= 15 is 0 Å². The predicted molar refractivity (Wildman–Crippen MR) is 65.2 cm³/mol. The van der Waals surface area contributed by atoms with Gasteiger partial charge in [0.15, 0.2) is 0 Å². The first-order chi connectivity index (χ1) is 8.78. The molecule has 0 unspecified atom stereocenters. The van der Waals surface area contributed by atoms with Gasteiger partial charge in [0, 0.05) is 0 Å². The molecule has 0 saturated heterocycles. The van der Waals surface area contributed by atoms with Crippen molar-refractivity contribution in [3.63, 3.8) is 0 Å². The van der Waals surface area contributed by atoms with E-state index in [2.05, 4.69) is 0 Å². The van der Waals surface area contributed by atoms with Crippen LogP contribution in [-0.2, 0) is 4.79 Å². The monoisotopic (exact) mass is 271 g/mol. The van der Waals surface area contributed by atoms with Crippen molar-refractivity contribution in [3.05, 3.63) is 23.8 Å². The molecule has 4 nitrogen and oxygen atoms in total. The molecule has 3 N–H and O–H groups in total. The van der Waals surface area contributed by atoms with Gasteiger partial charge in [0.25, 0.3) is 5.91 Å². The van der Waals surface area contributed by atoms with Crippen LogP contribution in [0, 0.1) is 6.92 Å². The summed E-state index contributed by atoms with van der Waals surface area (Å²) < 4.78 is 27.7. The van der Waals surface area contributed by atoms with Crippen LogP contribution in [0.1, 0.15) is 24.8 Å². The lowest BCUT2D eigenvalue weighted by Gasteiger charge is -2.41. The number of anilines is 1. The third-order valence-electron chi connectivity index (χ3n) is 3.54. The fourth-order valence-corrected chi connectivity index (χ4v) is 2.04. The van der Waals surface area contributed by atoms with Gasteiger partial charge >= 0.3 is 5.92 Å². The van der Waals surface area contributed by atoms with Crippen LogP contribution >= 0.6 is 0 Å². The number of phenolic OH excluding ortho intramolecular Hbond substituents is 1. The van der Waals surface area contributed by atoms with Crippen LogP contribution in [0.2, 0.25) is 0 Å². The van der Waals surface area contributed by atoms with Crippen molar-refractivity contribution in [2.24, 2.45) is 0 Å². The summed E-state index contributed by atoms with van der Waals surface area (Å²) in [7, 11) is 0. The molecule has 1 aliphatic rings. The smallest absolute Gasteiger partial charge is 0.352 e. The molecule has 19 heavy (non-hydrogen) atoms. The molecule has 1 aromatic carbocycles. The number of hydrogen-bond donors (Lipinski definition) is 3. The molecule has 1 fully saturated rings. The molecule has 2 rings (SSSR count). The molecule has 0 heterocycles. The molecule has 0 bridgehead atoms. The molecule has 1 aromatic rings. The van der Waals surface area contributed by atoms with Gasteiger partial charge in [0.1, 0.15) is 11.4 Å². The van der Waals surface area contributed by atoms with Gasteiger partial charge in [-0.25, -0.2) is 0 Å². The average Bonchev–Trinajstić information content (AvgIpc) is 2.30. The minimum Gasteiger partial charge on any atom is -0.506 e. The van der Waals surface area contributed by atoms with Crippen LogP contribution in [0.25, 0.3) is 0 Å². The molecule has 0 aromatic heterocycles. The number of hydrogen-bond acceptors (Lipinski definition) is 3. The Hall–Kier alpha value is -1.69. The van der Waals surface area contributed by atoms with Gasteiger partial charge in [-0.3, -0.25) is 4.79 Å². The number of carbonyl (C=O) groups excluding carboxylic acids is 1. The third-order valence-corrected chi connectivity index (χ3v) is 3.54. The van der Waals surface area contributed by atoms with E-state index in [1.807, 2.05) is 5.32 Å². The number of carbonyl (C=O) groups is 1. The van der Waals surface area contributed by atoms with E-state index in [1.165, 1.54) is 12.1 Å². The van der Waals surface area contributed by atoms with Crippen LogP contribution in [0.3, 0.4) is 0 Å². The van der Waals surface area contributed by atoms with Gasteiger partial charge in [0.05, 0.1) is 5.69 Å². The molecule has 0 radical (unpaired) electrons. The molecular weight excluding hydrogens is 256 g/mol. The van der Waals surface area contributed by atoms with Crippen molar-refractivity contribution in [1.29, 1.82) is 0 Å². The van der Waals surface area contributed by atoms with E-state index < -0.39 is 17.4 Å². The number of aryl methyl sites for hydroxylation is 1. The lowest BCUT2D eigenvalue weighted by molar-refractivity contribution is -0.212. The van der Waals surface area contributed by atoms with Crippen LogP contribution in [-0.4, -0.2) is 27.6 Å². The van der Waals surface area contributed by atoms with Crippen LogP contribution in [0.5, 0.6) is 5.75 Å². The maximum atomic E-state index is 13.9. The first-order valence-electron chi connectivity index (χ1n) is 5.98. The van der Waals surface area contributed by atoms with Crippen molar-refractivity contribution >= 4 is 11.6 Å². The molecule has 104 valence electrons. The van der Waals surface area contributed by atoms with E-state index in [0.717, 1.165) is 0 Å². The fraction of sp³-hybridized carbons (Fsp3) is 0.462. The van der Waals surface area contributed by atoms with Crippen LogP contribution in [0.15, 0.2) is 18.2 Å². The number of nitrogens with one attached hydrogen (secondary N) is 1. The Morgan fingerprint density at radius 2 is 2.05 bits per heavy atom. The van der Waals surface area contributed by atoms with Crippen molar-refractivity contribution in [2.75, 3.05) is 5.32 Å². The Kier molecular flexibility index (Phi) is 3.22. The molecule has 1 saturated carbocycles. The second-order valence-corrected chi connectivity index (χ2v) is 4.88. The predicted octanol–water partition coefficient (Wildman–Crippen LogP) is 2.19. The highest BCUT2D eigenvalue weighted by atomic mass is 19.3. The van der Waals surface area contributed by atoms with E-state index in [9.17, 15) is 23.8 Å². The summed E-state index contributed by atoms with van der Waals surface area (Å²) in [6.45, 7) is 1.57. The minimum atomic E-state index is -3.88. The molecule has 0 atom stereocenters. The molecule has 6 heteroatoms. The number of rotatable bonds is 3. The number of amides is 1. The van der Waals surface area contributed by atoms with Gasteiger partial charge in [-0.1, -0.05) is 12.1 Å². The maximum absolute atomic E-state index is 13.9. The summed E-state index contributed by atoms with van der Waals surface area (Å²) in [4.78, 5) is 11.6. The summed E-state index contributed by atoms with van der Waals surface area (Å²) in [5.74, 6) is -5.76. The number of alkyl halides is 2. The van der Waals surface area contributed by atoms with E-state index in [-0.39, 0.29) is 24.3 Å². The second-order valence-electron chi connectivity index (χ2n) is 4.88. The average molecular weight is 271 g/mol. The lowest BCUT2D eigenvalue weighted by Crippen LogP contribution is -2.59. The Bertz CT molecular complexity index is 492. The molecule has 1 aliphatic carbocycles. The summed E-state index contributed by atoms with van der Waals surface area (Å²) in [6.07, 6.45) is 0.259. The molecule has 0 aliphatic heterocycles. The zero-order valence-electron chi connectivity index (χ0n) is 10.4. The molecular formula is C13H15F2NO3. The van der Waals surface area contributed by atoms with Gasteiger partial charge in [-0.2, -0.15) is 8.78 Å². The first kappa shape index (κ1) is 13.7. The number of aliphatic hydroxyl groups is 1. The summed E-state index contributed by atoms with van der Waals surface area (Å²) in [5.41, 5.74) is -1.87. The van der Waals surface area contributed by atoms with Crippen molar-refractivity contribution in [2.45, 2.75) is 37.7 Å². The highest BCUT2D eigenvalue weighted by Gasteiger charge is 2.61. The number of aromatic hydroxyl groups is 1. The zero-order valence-corrected chi connectivity index (χ0v) is 10.4. The van der Waals surface area contributed by atoms with E-state index in [4.69, 9.17) is 0 Å². The Balaban J connectivity index is 2.22. The summed E-state index contributed by atoms with van der Waals surface area (Å²) >= 11 is 0. The summed E-state index contributed by atoms with van der Waals surface area (Å²) in [5, 5.41) is 21.2. The number of phenols is 1. The normalized spacial score (nSPS) is 17.7. The molecule has 1 amide bonds. The van der Waals surface area contributed by atoms with Gasteiger partial charge < -0.3 is 15.5 Å².